The Morgan fingerprint density at radius 3 is 2.38 bits per heavy atom. The van der Waals surface area contributed by atoms with E-state index >= 15 is 0 Å². The largest absolute Gasteiger partial charge is 0.394 e. The molecule has 13 N–H and O–H groups in total. The number of nitrogens with two attached hydrogens (primary N) is 3. The van der Waals surface area contributed by atoms with Crippen molar-refractivity contribution in [2.24, 2.45) is 29.0 Å². The van der Waals surface area contributed by atoms with Gasteiger partial charge in [-0.15, -0.1) is 0 Å². The van der Waals surface area contributed by atoms with Crippen LogP contribution in [-0.2, 0) is 18.9 Å². The number of rotatable bonds is 7. The number of ether oxygens (including phenoxy) is 4. The van der Waals surface area contributed by atoms with Crippen molar-refractivity contribution in [2.45, 2.75) is 86.0 Å². The van der Waals surface area contributed by atoms with E-state index in [0.29, 0.717) is 6.42 Å². The quantitative estimate of drug-likeness (QED) is 0.157. The van der Waals surface area contributed by atoms with Crippen LogP contribution in [0.5, 0.6) is 0 Å². The summed E-state index contributed by atoms with van der Waals surface area (Å²) in [7, 11) is 0. The summed E-state index contributed by atoms with van der Waals surface area (Å²) in [4.78, 5) is 0. The molecule has 14 nitrogen and oxygen atoms in total. The molecule has 0 bridgehead atoms. The van der Waals surface area contributed by atoms with Gasteiger partial charge in [0.15, 0.2) is 18.4 Å². The standard InChI is InChI=1S/C18H34N4O10/c19-3-6-12(24)10-11(21)16(32-18(6,10)27)31-15-9(4-23)30-17(14(15)26)29-8-2-5(22-28)1-7(20)13(8)25/h5-17,22-28H,1-4,19-21H2. The fraction of sp³-hybridized carbons (Fsp3) is 1.00. The van der Waals surface area contributed by atoms with Gasteiger partial charge in [0.1, 0.15) is 18.3 Å². The summed E-state index contributed by atoms with van der Waals surface area (Å²) in [5, 5.41) is 60.9. The molecule has 186 valence electrons. The highest BCUT2D eigenvalue weighted by Crippen LogP contribution is 2.53. The van der Waals surface area contributed by atoms with Gasteiger partial charge in [-0.2, -0.15) is 0 Å². The lowest BCUT2D eigenvalue weighted by Crippen LogP contribution is -2.69. The number of aliphatic hydroxyl groups is 5. The molecule has 2 aliphatic carbocycles. The third kappa shape index (κ3) is 3.87. The van der Waals surface area contributed by atoms with Crippen LogP contribution in [-0.4, -0.2) is 117 Å². The first-order chi connectivity index (χ1) is 15.2. The molecule has 4 aliphatic rings. The molecule has 0 aromatic carbocycles. The van der Waals surface area contributed by atoms with E-state index in [1.54, 1.807) is 0 Å². The molecule has 0 amide bonds. The zero-order chi connectivity index (χ0) is 23.4. The van der Waals surface area contributed by atoms with Crippen molar-refractivity contribution in [1.82, 2.24) is 5.48 Å². The van der Waals surface area contributed by atoms with Gasteiger partial charge in [0, 0.05) is 18.6 Å². The van der Waals surface area contributed by atoms with E-state index in [4.69, 9.17) is 36.1 Å². The van der Waals surface area contributed by atoms with Gasteiger partial charge < -0.3 is 66.9 Å². The maximum Gasteiger partial charge on any atom is 0.187 e. The highest BCUT2D eigenvalue weighted by atomic mass is 16.8. The Labute approximate surface area is 184 Å². The average Bonchev–Trinajstić information content (AvgIpc) is 3.16. The Balaban J connectivity index is 1.42. The van der Waals surface area contributed by atoms with Gasteiger partial charge in [0.05, 0.1) is 42.8 Å². The van der Waals surface area contributed by atoms with Crippen molar-refractivity contribution in [2.75, 3.05) is 13.2 Å². The lowest BCUT2D eigenvalue weighted by molar-refractivity contribution is -0.351. The molecule has 2 heterocycles. The second-order valence-electron chi connectivity index (χ2n) is 9.12. The molecule has 0 spiro atoms. The van der Waals surface area contributed by atoms with Crippen molar-refractivity contribution >= 4 is 0 Å². The molecule has 32 heavy (non-hydrogen) atoms. The molecule has 0 radical (unpaired) electrons. The first kappa shape index (κ1) is 24.6. The van der Waals surface area contributed by atoms with E-state index in [1.807, 2.05) is 0 Å². The number of hydrogen-bond donors (Lipinski definition) is 10. The average molecular weight is 466 g/mol. The molecule has 14 unspecified atom stereocenters. The Bertz CT molecular complexity index is 665. The third-order valence-electron chi connectivity index (χ3n) is 7.22. The van der Waals surface area contributed by atoms with Gasteiger partial charge >= 0.3 is 0 Å². The molecule has 14 atom stereocenters. The number of nitrogens with one attached hydrogen (secondary N) is 1. The molecule has 2 aliphatic heterocycles. The molecular weight excluding hydrogens is 432 g/mol. The maximum atomic E-state index is 10.8. The first-order valence-corrected chi connectivity index (χ1v) is 10.8. The highest BCUT2D eigenvalue weighted by molar-refractivity contribution is 5.13. The smallest absolute Gasteiger partial charge is 0.187 e. The van der Waals surface area contributed by atoms with Gasteiger partial charge in [0.25, 0.3) is 0 Å². The second kappa shape index (κ2) is 9.24. The summed E-state index contributed by atoms with van der Waals surface area (Å²) in [5.41, 5.74) is 19.7. The summed E-state index contributed by atoms with van der Waals surface area (Å²) < 4.78 is 22.7. The van der Waals surface area contributed by atoms with Crippen LogP contribution in [0, 0.1) is 11.8 Å². The van der Waals surface area contributed by atoms with Gasteiger partial charge in [-0.05, 0) is 12.8 Å². The van der Waals surface area contributed by atoms with Crippen LogP contribution in [0.3, 0.4) is 0 Å². The summed E-state index contributed by atoms with van der Waals surface area (Å²) in [6.45, 7) is -0.549. The predicted octanol–water partition coefficient (Wildman–Crippen LogP) is -5.40. The normalized spacial score (nSPS) is 55.6. The Hall–Kier alpha value is -0.560. The lowest BCUT2D eigenvalue weighted by Gasteiger charge is -2.51. The van der Waals surface area contributed by atoms with E-state index in [-0.39, 0.29) is 13.0 Å². The van der Waals surface area contributed by atoms with E-state index in [0.717, 1.165) is 0 Å². The third-order valence-corrected chi connectivity index (χ3v) is 7.22. The van der Waals surface area contributed by atoms with Gasteiger partial charge in [-0.1, -0.05) is 0 Å². The van der Waals surface area contributed by atoms with Crippen LogP contribution < -0.4 is 22.7 Å². The van der Waals surface area contributed by atoms with E-state index < -0.39 is 91.6 Å². The SMILES string of the molecule is NCC1C(O)C2C(N)C(OC3C(CO)OC(OC4CC(NO)CC(N)C4O)C3O)OC12O. The van der Waals surface area contributed by atoms with E-state index in [9.17, 15) is 30.7 Å². The Morgan fingerprint density at radius 2 is 1.75 bits per heavy atom. The summed E-state index contributed by atoms with van der Waals surface area (Å²) in [5.74, 6) is -3.30. The fourth-order valence-corrected chi connectivity index (χ4v) is 5.36. The Morgan fingerprint density at radius 1 is 1.03 bits per heavy atom. The molecular formula is C18H34N4O10. The zero-order valence-electron chi connectivity index (χ0n) is 17.4. The van der Waals surface area contributed by atoms with E-state index in [2.05, 4.69) is 5.48 Å². The van der Waals surface area contributed by atoms with Gasteiger partial charge in [-0.3, -0.25) is 0 Å². The fourth-order valence-electron chi connectivity index (χ4n) is 5.36. The minimum absolute atomic E-state index is 0.0203. The van der Waals surface area contributed by atoms with Gasteiger partial charge in [0.2, 0.25) is 0 Å². The molecule has 14 heteroatoms. The van der Waals surface area contributed by atoms with Crippen LogP contribution in [0.1, 0.15) is 12.8 Å². The molecule has 2 saturated heterocycles. The second-order valence-corrected chi connectivity index (χ2v) is 9.12. The monoisotopic (exact) mass is 466 g/mol. The Kier molecular flexibility index (Phi) is 7.09. The summed E-state index contributed by atoms with van der Waals surface area (Å²) in [6.07, 6.45) is -8.40. The lowest BCUT2D eigenvalue weighted by atomic mass is 9.64. The molecule has 4 rings (SSSR count). The molecule has 4 fully saturated rings. The molecule has 0 aromatic heterocycles. The van der Waals surface area contributed by atoms with Crippen LogP contribution in [0.4, 0.5) is 0 Å². The predicted molar refractivity (Wildman–Crippen MR) is 103 cm³/mol. The molecule has 2 saturated carbocycles. The number of hydroxylamine groups is 1. The van der Waals surface area contributed by atoms with Gasteiger partial charge in [-0.25, -0.2) is 5.48 Å². The first-order valence-electron chi connectivity index (χ1n) is 10.8. The number of hydrogen-bond acceptors (Lipinski definition) is 14. The number of aliphatic hydroxyl groups excluding tert-OH is 4. The van der Waals surface area contributed by atoms with Crippen LogP contribution in [0.25, 0.3) is 0 Å². The van der Waals surface area contributed by atoms with E-state index in [1.165, 1.54) is 0 Å². The minimum Gasteiger partial charge on any atom is -0.394 e. The van der Waals surface area contributed by atoms with Crippen molar-refractivity contribution < 1.29 is 49.7 Å². The molecule has 0 aromatic rings. The summed E-state index contributed by atoms with van der Waals surface area (Å²) >= 11 is 0. The van der Waals surface area contributed by atoms with Crippen molar-refractivity contribution in [1.29, 1.82) is 0 Å². The van der Waals surface area contributed by atoms with Crippen molar-refractivity contribution in [3.05, 3.63) is 0 Å². The van der Waals surface area contributed by atoms with Crippen LogP contribution in [0.15, 0.2) is 0 Å². The topological polar surface area (TPSA) is 248 Å². The van der Waals surface area contributed by atoms with Crippen molar-refractivity contribution in [3.63, 3.8) is 0 Å². The van der Waals surface area contributed by atoms with Crippen molar-refractivity contribution in [3.8, 4) is 0 Å². The number of fused-ring (bicyclic) bond motifs is 1. The zero-order valence-corrected chi connectivity index (χ0v) is 17.4. The van der Waals surface area contributed by atoms with Crippen LogP contribution >= 0.6 is 0 Å². The minimum atomic E-state index is -1.75. The van der Waals surface area contributed by atoms with Crippen LogP contribution in [0.2, 0.25) is 0 Å². The highest BCUT2D eigenvalue weighted by Gasteiger charge is 2.71. The summed E-state index contributed by atoms with van der Waals surface area (Å²) in [6, 6.07) is -2.00. The maximum absolute atomic E-state index is 10.8.